The molecule has 0 saturated heterocycles. The van der Waals surface area contributed by atoms with Gasteiger partial charge >= 0.3 is 0 Å². The van der Waals surface area contributed by atoms with Crippen LogP contribution in [0.25, 0.3) is 0 Å². The topological polar surface area (TPSA) is 51.2 Å². The number of hydrogen-bond acceptors (Lipinski definition) is 5. The van der Waals surface area contributed by atoms with Crippen molar-refractivity contribution < 1.29 is 19.0 Å². The molecular weight excluding hydrogens is 464 g/mol. The number of benzene rings is 3. The maximum atomic E-state index is 13.6. The van der Waals surface area contributed by atoms with Crippen molar-refractivity contribution in [1.29, 1.82) is 0 Å². The highest BCUT2D eigenvalue weighted by Crippen LogP contribution is 2.44. The number of hydrogen-bond donors (Lipinski definition) is 0. The first kappa shape index (κ1) is 24.9. The quantitative estimate of drug-likeness (QED) is 0.367. The highest BCUT2D eigenvalue weighted by molar-refractivity contribution is 6.30. The van der Waals surface area contributed by atoms with Crippen LogP contribution in [-0.4, -0.2) is 40.5 Å². The summed E-state index contributed by atoms with van der Waals surface area (Å²) < 4.78 is 17.2. The van der Waals surface area contributed by atoms with Gasteiger partial charge in [0.25, 0.3) is 0 Å². The van der Waals surface area contributed by atoms with Crippen molar-refractivity contribution in [3.63, 3.8) is 0 Å². The van der Waals surface area contributed by atoms with E-state index in [0.29, 0.717) is 22.9 Å². The Balaban J connectivity index is 1.88. The lowest BCUT2D eigenvalue weighted by Gasteiger charge is -2.38. The van der Waals surface area contributed by atoms with E-state index in [1.807, 2.05) is 91.5 Å². The van der Waals surface area contributed by atoms with Crippen LogP contribution < -0.4 is 19.3 Å². The molecule has 0 aromatic heterocycles. The summed E-state index contributed by atoms with van der Waals surface area (Å²) in [5.74, 6) is 1.16. The van der Waals surface area contributed by atoms with Gasteiger partial charge in [0.1, 0.15) is 0 Å². The molecule has 35 heavy (non-hydrogen) atoms. The number of rotatable bonds is 8. The molecule has 1 aliphatic rings. The molecule has 0 fully saturated rings. The van der Waals surface area contributed by atoms with E-state index in [0.717, 1.165) is 28.1 Å². The van der Waals surface area contributed by atoms with Crippen molar-refractivity contribution in [2.75, 3.05) is 38.1 Å². The van der Waals surface area contributed by atoms with Crippen LogP contribution in [-0.2, 0) is 16.0 Å². The molecule has 1 aliphatic heterocycles. The second-order valence-corrected chi connectivity index (χ2v) is 9.14. The van der Waals surface area contributed by atoms with Gasteiger partial charge in [0, 0.05) is 44.0 Å². The first-order chi connectivity index (χ1) is 16.9. The highest BCUT2D eigenvalue weighted by atomic mass is 35.5. The van der Waals surface area contributed by atoms with E-state index in [1.165, 1.54) is 0 Å². The van der Waals surface area contributed by atoms with Gasteiger partial charge in [0.2, 0.25) is 5.91 Å². The normalized spacial score (nSPS) is 16.0. The van der Waals surface area contributed by atoms with E-state index in [-0.39, 0.29) is 18.4 Å². The number of amides is 1. The Hall–Kier alpha value is -3.22. The van der Waals surface area contributed by atoms with Gasteiger partial charge in [-0.2, -0.15) is 0 Å². The zero-order valence-corrected chi connectivity index (χ0v) is 21.5. The Morgan fingerprint density at radius 3 is 2.29 bits per heavy atom. The van der Waals surface area contributed by atoms with E-state index in [4.69, 9.17) is 25.8 Å². The third-order valence-corrected chi connectivity index (χ3v) is 6.53. The van der Waals surface area contributed by atoms with E-state index in [1.54, 1.807) is 14.2 Å². The van der Waals surface area contributed by atoms with E-state index in [2.05, 4.69) is 0 Å². The van der Waals surface area contributed by atoms with Crippen LogP contribution in [0.1, 0.15) is 36.1 Å². The molecule has 1 amide bonds. The highest BCUT2D eigenvalue weighted by Gasteiger charge is 2.36. The van der Waals surface area contributed by atoms with Gasteiger partial charge < -0.3 is 24.0 Å². The summed E-state index contributed by atoms with van der Waals surface area (Å²) in [6, 6.07) is 19.2. The predicted octanol–water partition coefficient (Wildman–Crippen LogP) is 5.85. The number of carbonyl (C=O) groups excluding carboxylic acids is 1. The first-order valence-electron chi connectivity index (χ1n) is 11.6. The lowest BCUT2D eigenvalue weighted by atomic mass is 9.86. The molecule has 0 bridgehead atoms. The van der Waals surface area contributed by atoms with Crippen molar-refractivity contribution in [2.45, 2.75) is 32.1 Å². The van der Waals surface area contributed by atoms with Gasteiger partial charge in [-0.3, -0.25) is 4.79 Å². The lowest BCUT2D eigenvalue weighted by molar-refractivity contribution is -0.118. The van der Waals surface area contributed by atoms with E-state index >= 15 is 0 Å². The number of methoxy groups -OCH3 is 2. The fourth-order valence-corrected chi connectivity index (χ4v) is 4.55. The smallest absolute Gasteiger partial charge is 0.232 e. The van der Waals surface area contributed by atoms with Gasteiger partial charge in [-0.15, -0.1) is 0 Å². The van der Waals surface area contributed by atoms with Crippen LogP contribution in [0.2, 0.25) is 5.02 Å². The second kappa shape index (κ2) is 10.6. The zero-order chi connectivity index (χ0) is 25.1. The van der Waals surface area contributed by atoms with Gasteiger partial charge in [-0.1, -0.05) is 30.7 Å². The molecule has 3 aromatic carbocycles. The van der Waals surface area contributed by atoms with Crippen LogP contribution in [0, 0.1) is 0 Å². The molecule has 1 heterocycles. The molecule has 7 heteroatoms. The summed E-state index contributed by atoms with van der Waals surface area (Å²) in [6.45, 7) is 1.99. The molecule has 184 valence electrons. The molecule has 1 unspecified atom stereocenters. The van der Waals surface area contributed by atoms with Crippen molar-refractivity contribution in [3.8, 4) is 11.5 Å². The average Bonchev–Trinajstić information content (AvgIpc) is 2.86. The first-order valence-corrected chi connectivity index (χ1v) is 12.0. The summed E-state index contributed by atoms with van der Waals surface area (Å²) in [6.07, 6.45) is 0.531. The van der Waals surface area contributed by atoms with Gasteiger partial charge in [-0.05, 0) is 65.2 Å². The molecule has 0 saturated carbocycles. The van der Waals surface area contributed by atoms with E-state index < -0.39 is 6.29 Å². The largest absolute Gasteiger partial charge is 0.493 e. The molecule has 3 aromatic rings. The maximum Gasteiger partial charge on any atom is 0.232 e. The van der Waals surface area contributed by atoms with Crippen LogP contribution in [0.4, 0.5) is 11.4 Å². The number of nitrogens with zero attached hydrogens (tertiary/aromatic N) is 2. The number of carbonyl (C=O) groups is 1. The maximum absolute atomic E-state index is 13.6. The zero-order valence-electron chi connectivity index (χ0n) is 20.7. The minimum atomic E-state index is -0.407. The number of ether oxygens (including phenoxy) is 3. The monoisotopic (exact) mass is 494 g/mol. The fourth-order valence-electron chi connectivity index (χ4n) is 4.43. The molecule has 0 radical (unpaired) electrons. The van der Waals surface area contributed by atoms with Gasteiger partial charge in [-0.25, -0.2) is 0 Å². The number of fused-ring (bicyclic) bond motifs is 1. The molecule has 6 nitrogen and oxygen atoms in total. The summed E-state index contributed by atoms with van der Waals surface area (Å²) in [5.41, 5.74) is 4.73. The molecule has 2 atom stereocenters. The van der Waals surface area contributed by atoms with Crippen LogP contribution in [0.15, 0.2) is 60.7 Å². The molecular formula is C28H31ClN2O4. The summed E-state index contributed by atoms with van der Waals surface area (Å²) in [7, 11) is 7.20. The minimum Gasteiger partial charge on any atom is -0.493 e. The predicted molar refractivity (Wildman–Crippen MR) is 140 cm³/mol. The third kappa shape index (κ3) is 5.09. The van der Waals surface area contributed by atoms with Crippen molar-refractivity contribution >= 4 is 28.9 Å². The Morgan fingerprint density at radius 1 is 1.03 bits per heavy atom. The molecule has 0 N–H and O–H groups in total. The van der Waals surface area contributed by atoms with Gasteiger partial charge in [0.05, 0.1) is 19.6 Å². The van der Waals surface area contributed by atoms with Crippen LogP contribution in [0.3, 0.4) is 0 Å². The lowest BCUT2D eigenvalue weighted by Crippen LogP contribution is -2.41. The second-order valence-electron chi connectivity index (χ2n) is 8.70. The Bertz CT molecular complexity index is 1170. The van der Waals surface area contributed by atoms with Crippen LogP contribution in [0.5, 0.6) is 11.5 Å². The molecule has 0 spiro atoms. The Morgan fingerprint density at radius 2 is 1.71 bits per heavy atom. The average molecular weight is 495 g/mol. The number of anilines is 2. The Labute approximate surface area is 212 Å². The molecule has 4 rings (SSSR count). The fraction of sp³-hybridized carbons (Fsp3) is 0.321. The van der Waals surface area contributed by atoms with E-state index in [9.17, 15) is 4.79 Å². The minimum absolute atomic E-state index is 0.00843. The molecule has 0 aliphatic carbocycles. The van der Waals surface area contributed by atoms with Crippen molar-refractivity contribution in [3.05, 3.63) is 82.4 Å². The third-order valence-electron chi connectivity index (χ3n) is 6.27. The SMILES string of the molecule is CC[C@H](OC)Oc1cc2c(cc1OC)CC(=O)N(c1ccc(N(C)C)cc1)C2c1ccc(Cl)cc1. The van der Waals surface area contributed by atoms with Crippen molar-refractivity contribution in [1.82, 2.24) is 0 Å². The van der Waals surface area contributed by atoms with Gasteiger partial charge in [0.15, 0.2) is 17.8 Å². The Kier molecular flexibility index (Phi) is 7.53. The number of halogens is 1. The standard InChI is InChI=1S/C28H31ClN2O4/c1-6-27(34-5)35-25-17-23-19(15-24(25)33-4)16-26(32)31(22-13-11-21(12-14-22)30(2)3)28(23)18-7-9-20(29)10-8-18/h7-15,17,27-28H,6,16H2,1-5H3/t27-,28?/m1/s1. The summed E-state index contributed by atoms with van der Waals surface area (Å²) >= 11 is 6.20. The van der Waals surface area contributed by atoms with Crippen molar-refractivity contribution in [2.24, 2.45) is 0 Å². The van der Waals surface area contributed by atoms with Crippen LogP contribution >= 0.6 is 11.6 Å². The summed E-state index contributed by atoms with van der Waals surface area (Å²) in [5, 5.41) is 0.641. The summed E-state index contributed by atoms with van der Waals surface area (Å²) in [4.78, 5) is 17.5.